The van der Waals surface area contributed by atoms with Crippen LogP contribution < -0.4 is 4.90 Å². The zero-order valence-corrected chi connectivity index (χ0v) is 18.9. The molecule has 7 heteroatoms. The maximum absolute atomic E-state index is 13.6. The lowest BCUT2D eigenvalue weighted by Crippen LogP contribution is -2.47. The molecule has 0 saturated carbocycles. The Labute approximate surface area is 197 Å². The molecule has 5 rings (SSSR count). The molecule has 0 atom stereocenters. The third-order valence-corrected chi connectivity index (χ3v) is 6.31. The number of imide groups is 1. The summed E-state index contributed by atoms with van der Waals surface area (Å²) in [7, 11) is 0. The fourth-order valence-corrected chi connectivity index (χ4v) is 4.45. The summed E-state index contributed by atoms with van der Waals surface area (Å²) in [5, 5.41) is 0. The number of anilines is 1. The third kappa shape index (κ3) is 4.17. The smallest absolute Gasteiger partial charge is 0.278 e. The van der Waals surface area contributed by atoms with Gasteiger partial charge in [0.2, 0.25) is 0 Å². The van der Waals surface area contributed by atoms with E-state index in [0.29, 0.717) is 43.0 Å². The molecule has 172 valence electrons. The fourth-order valence-electron chi connectivity index (χ4n) is 4.45. The molecule has 2 aliphatic rings. The highest BCUT2D eigenvalue weighted by atomic mass is 19.1. The van der Waals surface area contributed by atoms with Gasteiger partial charge in [0.15, 0.2) is 0 Å². The van der Waals surface area contributed by atoms with E-state index in [-0.39, 0.29) is 24.2 Å². The highest BCUT2D eigenvalue weighted by molar-refractivity contribution is 6.35. The quantitative estimate of drug-likeness (QED) is 0.549. The standard InChI is InChI=1S/C27H25FN4O2/c1-19-5-7-20(8-6-19)18-32-26(33)24(21-9-11-22(28)12-10-21)25(27(32)34)31-16-14-30(15-17-31)23-4-2-3-13-29-23/h2-13H,14-18H2,1H3. The summed E-state index contributed by atoms with van der Waals surface area (Å²) in [5.74, 6) is -0.150. The van der Waals surface area contributed by atoms with E-state index in [2.05, 4.69) is 9.88 Å². The molecule has 0 radical (unpaired) electrons. The molecule has 0 aliphatic carbocycles. The number of carbonyl (C=O) groups excluding carboxylic acids is 2. The van der Waals surface area contributed by atoms with Crippen LogP contribution in [0.5, 0.6) is 0 Å². The van der Waals surface area contributed by atoms with Crippen molar-refractivity contribution in [3.8, 4) is 0 Å². The van der Waals surface area contributed by atoms with Crippen molar-refractivity contribution in [1.29, 1.82) is 0 Å². The average molecular weight is 457 g/mol. The molecule has 0 bridgehead atoms. The summed E-state index contributed by atoms with van der Waals surface area (Å²) in [6.45, 7) is 4.70. The van der Waals surface area contributed by atoms with Crippen molar-refractivity contribution in [2.75, 3.05) is 31.1 Å². The highest BCUT2D eigenvalue weighted by Gasteiger charge is 2.42. The first-order valence-corrected chi connectivity index (χ1v) is 11.3. The average Bonchev–Trinajstić information content (AvgIpc) is 3.11. The normalized spacial score (nSPS) is 16.6. The van der Waals surface area contributed by atoms with Gasteiger partial charge in [-0.1, -0.05) is 48.0 Å². The summed E-state index contributed by atoms with van der Waals surface area (Å²) < 4.78 is 13.6. The van der Waals surface area contributed by atoms with E-state index in [1.54, 1.807) is 18.3 Å². The maximum Gasteiger partial charge on any atom is 0.278 e. The van der Waals surface area contributed by atoms with Gasteiger partial charge in [0.25, 0.3) is 11.8 Å². The second-order valence-corrected chi connectivity index (χ2v) is 8.57. The number of pyridine rings is 1. The first-order valence-electron chi connectivity index (χ1n) is 11.3. The van der Waals surface area contributed by atoms with Gasteiger partial charge in [-0.05, 0) is 42.3 Å². The van der Waals surface area contributed by atoms with Gasteiger partial charge >= 0.3 is 0 Å². The zero-order chi connectivity index (χ0) is 23.7. The monoisotopic (exact) mass is 456 g/mol. The number of benzene rings is 2. The minimum Gasteiger partial charge on any atom is -0.363 e. The topological polar surface area (TPSA) is 56.8 Å². The molecule has 2 aromatic carbocycles. The Morgan fingerprint density at radius 2 is 1.50 bits per heavy atom. The molecular weight excluding hydrogens is 431 g/mol. The molecule has 1 fully saturated rings. The van der Waals surface area contributed by atoms with E-state index in [1.165, 1.54) is 17.0 Å². The minimum atomic E-state index is -0.386. The second kappa shape index (κ2) is 9.09. The molecular formula is C27H25FN4O2. The second-order valence-electron chi connectivity index (χ2n) is 8.57. The molecule has 3 heterocycles. The lowest BCUT2D eigenvalue weighted by molar-refractivity contribution is -0.138. The third-order valence-electron chi connectivity index (χ3n) is 6.31. The van der Waals surface area contributed by atoms with E-state index in [0.717, 1.165) is 16.9 Å². The van der Waals surface area contributed by atoms with Crippen LogP contribution in [0, 0.1) is 12.7 Å². The molecule has 3 aromatic rings. The molecule has 0 N–H and O–H groups in total. The molecule has 0 unspecified atom stereocenters. The van der Waals surface area contributed by atoms with Crippen molar-refractivity contribution in [2.45, 2.75) is 13.5 Å². The van der Waals surface area contributed by atoms with Crippen molar-refractivity contribution >= 4 is 23.2 Å². The van der Waals surface area contributed by atoms with E-state index >= 15 is 0 Å². The molecule has 0 spiro atoms. The molecule has 2 amide bonds. The zero-order valence-electron chi connectivity index (χ0n) is 18.9. The van der Waals surface area contributed by atoms with Crippen LogP contribution in [-0.4, -0.2) is 52.8 Å². The van der Waals surface area contributed by atoms with E-state index < -0.39 is 0 Å². The number of aryl methyl sites for hydroxylation is 1. The van der Waals surface area contributed by atoms with E-state index in [9.17, 15) is 14.0 Å². The van der Waals surface area contributed by atoms with Gasteiger partial charge in [0, 0.05) is 32.4 Å². The Bertz CT molecular complexity index is 1230. The predicted octanol–water partition coefficient (Wildman–Crippen LogP) is 3.63. The molecule has 2 aliphatic heterocycles. The number of aromatic nitrogens is 1. The van der Waals surface area contributed by atoms with Gasteiger partial charge in [-0.2, -0.15) is 0 Å². The fraction of sp³-hybridized carbons (Fsp3) is 0.222. The Morgan fingerprint density at radius 1 is 0.824 bits per heavy atom. The van der Waals surface area contributed by atoms with Crippen LogP contribution in [0.1, 0.15) is 16.7 Å². The van der Waals surface area contributed by atoms with Gasteiger partial charge < -0.3 is 9.80 Å². The first kappa shape index (κ1) is 21.8. The van der Waals surface area contributed by atoms with Gasteiger partial charge in [-0.3, -0.25) is 14.5 Å². The van der Waals surface area contributed by atoms with Crippen LogP contribution >= 0.6 is 0 Å². The summed E-state index contributed by atoms with van der Waals surface area (Å²) in [6, 6.07) is 19.3. The Kier molecular flexibility index (Phi) is 5.84. The van der Waals surface area contributed by atoms with Crippen LogP contribution in [0.3, 0.4) is 0 Å². The lowest BCUT2D eigenvalue weighted by Gasteiger charge is -2.37. The summed E-state index contributed by atoms with van der Waals surface area (Å²) in [4.78, 5) is 37.0. The summed E-state index contributed by atoms with van der Waals surface area (Å²) in [6.07, 6.45) is 1.76. The van der Waals surface area contributed by atoms with Crippen molar-refractivity contribution < 1.29 is 14.0 Å². The first-order chi connectivity index (χ1) is 16.5. The lowest BCUT2D eigenvalue weighted by atomic mass is 10.0. The van der Waals surface area contributed by atoms with Crippen LogP contribution in [-0.2, 0) is 16.1 Å². The Hall–Kier alpha value is -4.00. The predicted molar refractivity (Wildman–Crippen MR) is 128 cm³/mol. The van der Waals surface area contributed by atoms with Gasteiger partial charge in [-0.25, -0.2) is 9.37 Å². The van der Waals surface area contributed by atoms with Crippen LogP contribution in [0.4, 0.5) is 10.2 Å². The summed E-state index contributed by atoms with van der Waals surface area (Å²) in [5.41, 5.74) is 3.27. The van der Waals surface area contributed by atoms with E-state index in [1.807, 2.05) is 54.3 Å². The molecule has 1 aromatic heterocycles. The number of hydrogen-bond donors (Lipinski definition) is 0. The maximum atomic E-state index is 13.6. The van der Waals surface area contributed by atoms with Crippen LogP contribution in [0.25, 0.3) is 5.57 Å². The van der Waals surface area contributed by atoms with Crippen LogP contribution in [0.2, 0.25) is 0 Å². The van der Waals surface area contributed by atoms with E-state index in [4.69, 9.17) is 0 Å². The highest BCUT2D eigenvalue weighted by Crippen LogP contribution is 2.33. The number of halogens is 1. The van der Waals surface area contributed by atoms with Crippen molar-refractivity contribution in [3.05, 3.63) is 101 Å². The number of rotatable bonds is 5. The molecule has 34 heavy (non-hydrogen) atoms. The number of piperazine rings is 1. The number of nitrogens with zero attached hydrogens (tertiary/aromatic N) is 4. The Morgan fingerprint density at radius 3 is 2.15 bits per heavy atom. The largest absolute Gasteiger partial charge is 0.363 e. The molecule has 1 saturated heterocycles. The SMILES string of the molecule is Cc1ccc(CN2C(=O)C(c3ccc(F)cc3)=C(N3CCN(c4ccccn4)CC3)C2=O)cc1. The Balaban J connectivity index is 1.45. The van der Waals surface area contributed by atoms with Crippen molar-refractivity contribution in [2.24, 2.45) is 0 Å². The number of carbonyl (C=O) groups is 2. The number of amides is 2. The van der Waals surface area contributed by atoms with Gasteiger partial charge in [0.05, 0.1) is 12.1 Å². The minimum absolute atomic E-state index is 0.194. The van der Waals surface area contributed by atoms with Crippen LogP contribution in [0.15, 0.2) is 78.6 Å². The van der Waals surface area contributed by atoms with Crippen molar-refractivity contribution in [3.63, 3.8) is 0 Å². The van der Waals surface area contributed by atoms with Crippen molar-refractivity contribution in [1.82, 2.24) is 14.8 Å². The molecule has 6 nitrogen and oxygen atoms in total. The number of hydrogen-bond acceptors (Lipinski definition) is 5. The van der Waals surface area contributed by atoms with Gasteiger partial charge in [-0.15, -0.1) is 0 Å². The summed E-state index contributed by atoms with van der Waals surface area (Å²) >= 11 is 0. The van der Waals surface area contributed by atoms with Gasteiger partial charge in [0.1, 0.15) is 17.3 Å².